The van der Waals surface area contributed by atoms with Crippen LogP contribution in [0.4, 0.5) is 5.82 Å². The molecule has 18 heavy (non-hydrogen) atoms. The van der Waals surface area contributed by atoms with Gasteiger partial charge < -0.3 is 15.1 Å². The van der Waals surface area contributed by atoms with Gasteiger partial charge in [-0.05, 0) is 24.6 Å². The molecule has 0 spiro atoms. The maximum Gasteiger partial charge on any atom is 0.129 e. The Balaban J connectivity index is 2.43. The number of hydrogen-bond acceptors (Lipinski definition) is 4. The molecular weight excluding hydrogens is 228 g/mol. The molecule has 0 aliphatic carbocycles. The van der Waals surface area contributed by atoms with E-state index in [1.165, 1.54) is 0 Å². The fraction of sp³-hybridized carbons (Fsp3) is 0.357. The van der Waals surface area contributed by atoms with Crippen molar-refractivity contribution in [2.75, 3.05) is 31.2 Å². The maximum absolute atomic E-state index is 9.06. The monoisotopic (exact) mass is 246 g/mol. The van der Waals surface area contributed by atoms with Gasteiger partial charge in [-0.1, -0.05) is 18.2 Å². The molecule has 0 bridgehead atoms. The van der Waals surface area contributed by atoms with Crippen molar-refractivity contribution in [1.82, 2.24) is 4.98 Å². The van der Waals surface area contributed by atoms with E-state index in [1.54, 1.807) is 0 Å². The van der Waals surface area contributed by atoms with E-state index >= 15 is 0 Å². The third kappa shape index (κ3) is 2.60. The highest BCUT2D eigenvalue weighted by Crippen LogP contribution is 2.21. The molecular formula is C14H18N2O2. The number of nitrogens with zero attached hydrogens (tertiary/aromatic N) is 2. The van der Waals surface area contributed by atoms with E-state index in [4.69, 9.17) is 10.2 Å². The summed E-state index contributed by atoms with van der Waals surface area (Å²) in [5.74, 6) is 0.800. The Hall–Kier alpha value is -1.65. The van der Waals surface area contributed by atoms with Crippen LogP contribution in [0.15, 0.2) is 30.3 Å². The van der Waals surface area contributed by atoms with Crippen LogP contribution in [0.2, 0.25) is 0 Å². The van der Waals surface area contributed by atoms with Crippen molar-refractivity contribution in [2.24, 2.45) is 0 Å². The van der Waals surface area contributed by atoms with Crippen molar-refractivity contribution in [2.45, 2.75) is 6.92 Å². The molecule has 0 atom stereocenters. The summed E-state index contributed by atoms with van der Waals surface area (Å²) in [6.07, 6.45) is 0. The van der Waals surface area contributed by atoms with Gasteiger partial charge in [-0.15, -0.1) is 0 Å². The number of fused-ring (bicyclic) bond motifs is 1. The average Bonchev–Trinajstić information content (AvgIpc) is 2.38. The minimum absolute atomic E-state index is 0.0492. The molecule has 4 heteroatoms. The zero-order valence-electron chi connectivity index (χ0n) is 10.5. The first kappa shape index (κ1) is 12.8. The summed E-state index contributed by atoms with van der Waals surface area (Å²) < 4.78 is 0. The summed E-state index contributed by atoms with van der Waals surface area (Å²) in [6, 6.07) is 9.97. The Labute approximate surface area is 107 Å². The molecule has 0 radical (unpaired) electrons. The van der Waals surface area contributed by atoms with Crippen molar-refractivity contribution in [3.8, 4) is 0 Å². The van der Waals surface area contributed by atoms with Gasteiger partial charge in [-0.2, -0.15) is 0 Å². The summed E-state index contributed by atoms with van der Waals surface area (Å²) in [5, 5.41) is 19.2. The zero-order valence-corrected chi connectivity index (χ0v) is 10.5. The lowest BCUT2D eigenvalue weighted by Crippen LogP contribution is -2.30. The summed E-state index contributed by atoms with van der Waals surface area (Å²) in [5.41, 5.74) is 2.09. The maximum atomic E-state index is 9.06. The van der Waals surface area contributed by atoms with Gasteiger partial charge >= 0.3 is 0 Å². The molecule has 2 N–H and O–H groups in total. The van der Waals surface area contributed by atoms with Crippen molar-refractivity contribution >= 4 is 16.7 Å². The normalized spacial score (nSPS) is 10.8. The second-order valence-electron chi connectivity index (χ2n) is 4.25. The Morgan fingerprint density at radius 2 is 1.78 bits per heavy atom. The molecule has 0 fully saturated rings. The van der Waals surface area contributed by atoms with Crippen LogP contribution in [0.1, 0.15) is 5.56 Å². The number of aryl methyl sites for hydroxylation is 1. The van der Waals surface area contributed by atoms with Gasteiger partial charge in [0.1, 0.15) is 5.82 Å². The standard InChI is InChI=1S/C14H18N2O2/c1-11-10-14(16(6-8-17)7-9-18)15-13-5-3-2-4-12(11)13/h2-5,10,17-18H,6-9H2,1H3. The van der Waals surface area contributed by atoms with Crippen LogP contribution in [-0.4, -0.2) is 41.5 Å². The average molecular weight is 246 g/mol. The lowest BCUT2D eigenvalue weighted by Gasteiger charge is -2.22. The third-order valence-corrected chi connectivity index (χ3v) is 2.97. The topological polar surface area (TPSA) is 56.6 Å². The molecule has 4 nitrogen and oxygen atoms in total. The van der Waals surface area contributed by atoms with E-state index in [0.29, 0.717) is 13.1 Å². The largest absolute Gasteiger partial charge is 0.395 e. The quantitative estimate of drug-likeness (QED) is 0.835. The Bertz CT molecular complexity index is 522. The van der Waals surface area contributed by atoms with Crippen LogP contribution in [0.25, 0.3) is 10.9 Å². The molecule has 2 rings (SSSR count). The number of aliphatic hydroxyl groups is 2. The van der Waals surface area contributed by atoms with Gasteiger partial charge in [0, 0.05) is 18.5 Å². The fourth-order valence-electron chi connectivity index (χ4n) is 2.08. The van der Waals surface area contributed by atoms with Crippen LogP contribution in [0.5, 0.6) is 0 Å². The molecule has 2 aromatic rings. The number of pyridine rings is 1. The van der Waals surface area contributed by atoms with Crippen LogP contribution >= 0.6 is 0 Å². The molecule has 0 aliphatic rings. The van der Waals surface area contributed by atoms with Gasteiger partial charge in [0.15, 0.2) is 0 Å². The number of hydrogen-bond donors (Lipinski definition) is 2. The first-order valence-electron chi connectivity index (χ1n) is 6.09. The Morgan fingerprint density at radius 3 is 2.44 bits per heavy atom. The van der Waals surface area contributed by atoms with Gasteiger partial charge in [-0.25, -0.2) is 4.98 Å². The Morgan fingerprint density at radius 1 is 1.11 bits per heavy atom. The van der Waals surface area contributed by atoms with Gasteiger partial charge in [0.25, 0.3) is 0 Å². The predicted molar refractivity (Wildman–Crippen MR) is 72.9 cm³/mol. The van der Waals surface area contributed by atoms with Gasteiger partial charge in [0.2, 0.25) is 0 Å². The zero-order chi connectivity index (χ0) is 13.0. The fourth-order valence-corrected chi connectivity index (χ4v) is 2.08. The van der Waals surface area contributed by atoms with Crippen molar-refractivity contribution in [3.05, 3.63) is 35.9 Å². The summed E-state index contributed by atoms with van der Waals surface area (Å²) in [4.78, 5) is 6.47. The smallest absolute Gasteiger partial charge is 0.129 e. The number of aromatic nitrogens is 1. The van der Waals surface area contributed by atoms with Gasteiger partial charge in [0.05, 0.1) is 18.7 Å². The molecule has 1 heterocycles. The first-order valence-corrected chi connectivity index (χ1v) is 6.09. The van der Waals surface area contributed by atoms with E-state index in [-0.39, 0.29) is 13.2 Å². The number of rotatable bonds is 5. The van der Waals surface area contributed by atoms with Crippen LogP contribution in [0.3, 0.4) is 0 Å². The molecule has 0 aliphatic heterocycles. The van der Waals surface area contributed by atoms with E-state index in [2.05, 4.69) is 4.98 Å². The highest BCUT2D eigenvalue weighted by atomic mass is 16.3. The molecule has 1 aromatic heterocycles. The van der Waals surface area contributed by atoms with E-state index in [1.807, 2.05) is 42.2 Å². The highest BCUT2D eigenvalue weighted by Gasteiger charge is 2.09. The summed E-state index contributed by atoms with van der Waals surface area (Å²) in [7, 11) is 0. The molecule has 0 unspecified atom stereocenters. The first-order chi connectivity index (χ1) is 8.76. The second kappa shape index (κ2) is 5.80. The SMILES string of the molecule is Cc1cc(N(CCO)CCO)nc2ccccc12. The van der Waals surface area contributed by atoms with E-state index in [0.717, 1.165) is 22.3 Å². The minimum atomic E-state index is 0.0492. The van der Waals surface area contributed by atoms with Crippen LogP contribution in [0, 0.1) is 6.92 Å². The minimum Gasteiger partial charge on any atom is -0.395 e. The van der Waals surface area contributed by atoms with E-state index < -0.39 is 0 Å². The summed E-state index contributed by atoms with van der Waals surface area (Å²) >= 11 is 0. The molecule has 96 valence electrons. The van der Waals surface area contributed by atoms with Crippen molar-refractivity contribution in [1.29, 1.82) is 0 Å². The summed E-state index contributed by atoms with van der Waals surface area (Å²) in [6.45, 7) is 3.10. The molecule has 1 aromatic carbocycles. The molecule has 0 saturated heterocycles. The Kier molecular flexibility index (Phi) is 4.12. The second-order valence-corrected chi connectivity index (χ2v) is 4.25. The number of benzene rings is 1. The lowest BCUT2D eigenvalue weighted by molar-refractivity contribution is 0.280. The van der Waals surface area contributed by atoms with Crippen molar-refractivity contribution in [3.63, 3.8) is 0 Å². The molecule has 0 saturated carbocycles. The number of anilines is 1. The number of aliphatic hydroxyl groups excluding tert-OH is 2. The van der Waals surface area contributed by atoms with Crippen LogP contribution < -0.4 is 4.90 Å². The van der Waals surface area contributed by atoms with Crippen molar-refractivity contribution < 1.29 is 10.2 Å². The van der Waals surface area contributed by atoms with Gasteiger partial charge in [-0.3, -0.25) is 0 Å². The predicted octanol–water partition coefficient (Wildman–Crippen LogP) is 1.33. The number of para-hydroxylation sites is 1. The third-order valence-electron chi connectivity index (χ3n) is 2.97. The lowest BCUT2D eigenvalue weighted by atomic mass is 10.1. The van der Waals surface area contributed by atoms with Crippen LogP contribution in [-0.2, 0) is 0 Å². The molecule has 0 amide bonds. The van der Waals surface area contributed by atoms with E-state index in [9.17, 15) is 0 Å². The highest BCUT2D eigenvalue weighted by molar-refractivity contribution is 5.83.